The van der Waals surface area contributed by atoms with E-state index < -0.39 is 27.7 Å². The van der Waals surface area contributed by atoms with E-state index in [0.717, 1.165) is 17.0 Å². The summed E-state index contributed by atoms with van der Waals surface area (Å²) in [4.78, 5) is 11.9. The van der Waals surface area contributed by atoms with Gasteiger partial charge in [-0.3, -0.25) is 4.68 Å². The van der Waals surface area contributed by atoms with Crippen LogP contribution in [-0.4, -0.2) is 43.1 Å². The Hall–Kier alpha value is -1.65. The Bertz CT molecular complexity index is 1010. The van der Waals surface area contributed by atoms with E-state index in [-0.39, 0.29) is 38.1 Å². The first kappa shape index (κ1) is 22.6. The number of aromatic nitrogens is 2. The number of rotatable bonds is 7. The lowest BCUT2D eigenvalue weighted by atomic mass is 10.1. The molecular formula is C17H19BrClFN2O5S. The fourth-order valence-corrected chi connectivity index (χ4v) is 4.99. The maximum atomic E-state index is 14.5. The minimum absolute atomic E-state index is 0.0362. The molecule has 0 aliphatic rings. The summed E-state index contributed by atoms with van der Waals surface area (Å²) in [5.74, 6) is -1.27. The van der Waals surface area contributed by atoms with E-state index in [0.29, 0.717) is 6.42 Å². The molecular weight excluding hydrogens is 479 g/mol. The number of carbonyl (C=O) groups is 1. The van der Waals surface area contributed by atoms with Crippen LogP contribution in [0.1, 0.15) is 20.3 Å². The summed E-state index contributed by atoms with van der Waals surface area (Å²) in [6, 6.07) is 2.28. The van der Waals surface area contributed by atoms with Crippen molar-refractivity contribution in [3.05, 3.63) is 27.4 Å². The lowest BCUT2D eigenvalue weighted by Crippen LogP contribution is -2.26. The molecule has 0 bridgehead atoms. The quantitative estimate of drug-likeness (QED) is 0.541. The number of carbonyl (C=O) groups excluding carboxylic acids is 1. The number of ether oxygens (including phenoxy) is 2. The van der Waals surface area contributed by atoms with Gasteiger partial charge < -0.3 is 9.47 Å². The second-order valence-electron chi connectivity index (χ2n) is 6.05. The van der Waals surface area contributed by atoms with Gasteiger partial charge in [0.05, 0.1) is 16.1 Å². The Balaban J connectivity index is 2.46. The molecule has 0 radical (unpaired) electrons. The van der Waals surface area contributed by atoms with Crippen LogP contribution in [0.3, 0.4) is 0 Å². The highest BCUT2D eigenvalue weighted by Gasteiger charge is 2.26. The van der Waals surface area contributed by atoms with E-state index >= 15 is 0 Å². The summed E-state index contributed by atoms with van der Waals surface area (Å²) in [5.41, 5.74) is 0.0223. The number of hydrogen-bond acceptors (Lipinski definition) is 6. The van der Waals surface area contributed by atoms with Gasteiger partial charge in [0.1, 0.15) is 17.3 Å². The van der Waals surface area contributed by atoms with Crippen LogP contribution in [-0.2, 0) is 26.4 Å². The van der Waals surface area contributed by atoms with Gasteiger partial charge in [0.15, 0.2) is 21.0 Å². The van der Waals surface area contributed by atoms with E-state index in [1.165, 1.54) is 20.0 Å². The maximum absolute atomic E-state index is 14.5. The van der Waals surface area contributed by atoms with Gasteiger partial charge in [0.2, 0.25) is 0 Å². The molecule has 11 heteroatoms. The monoisotopic (exact) mass is 496 g/mol. The van der Waals surface area contributed by atoms with Gasteiger partial charge in [-0.05, 0) is 41.4 Å². The van der Waals surface area contributed by atoms with Crippen LogP contribution >= 0.6 is 27.5 Å². The summed E-state index contributed by atoms with van der Waals surface area (Å²) >= 11 is 9.22. The van der Waals surface area contributed by atoms with Crippen molar-refractivity contribution < 1.29 is 27.1 Å². The molecule has 1 heterocycles. The number of aryl methyl sites for hydroxylation is 1. The third kappa shape index (κ3) is 4.84. The molecule has 0 aliphatic heterocycles. The number of nitrogens with zero attached hydrogens (tertiary/aromatic N) is 2. The minimum atomic E-state index is -3.61. The molecule has 2 aromatic rings. The van der Waals surface area contributed by atoms with Crippen LogP contribution in [0.25, 0.3) is 11.3 Å². The number of hydrogen-bond donors (Lipinski definition) is 0. The fraction of sp³-hybridized carbons (Fsp3) is 0.412. The van der Waals surface area contributed by atoms with E-state index in [2.05, 4.69) is 21.0 Å². The molecule has 0 N–H and O–H groups in total. The first-order chi connectivity index (χ1) is 13.0. The van der Waals surface area contributed by atoms with Crippen molar-refractivity contribution in [2.75, 3.05) is 12.9 Å². The summed E-state index contributed by atoms with van der Waals surface area (Å²) in [6.07, 6.45) is 0.715. The summed E-state index contributed by atoms with van der Waals surface area (Å²) < 4.78 is 50.2. The second kappa shape index (κ2) is 8.79. The van der Waals surface area contributed by atoms with Gasteiger partial charge in [-0.15, -0.1) is 0 Å². The first-order valence-electron chi connectivity index (χ1n) is 8.22. The average molecular weight is 498 g/mol. The summed E-state index contributed by atoms with van der Waals surface area (Å²) in [7, 11) is -2.18. The molecule has 0 spiro atoms. The standard InChI is InChI=1S/C17H19BrClFN2O5S/c1-5-6-26-17(23)9(2)27-13-7-10(12(20)8-11(13)19)15-14(18)16(22(3)21-15)28(4,24)25/h7-9H,5-6H2,1-4H3. The number of halogens is 3. The van der Waals surface area contributed by atoms with Gasteiger partial charge >= 0.3 is 5.97 Å². The Labute approximate surface area is 175 Å². The molecule has 0 saturated heterocycles. The van der Waals surface area contributed by atoms with Crippen molar-refractivity contribution in [2.45, 2.75) is 31.4 Å². The summed E-state index contributed by atoms with van der Waals surface area (Å²) in [6.45, 7) is 3.59. The van der Waals surface area contributed by atoms with Crippen molar-refractivity contribution in [1.29, 1.82) is 0 Å². The molecule has 1 aromatic heterocycles. The molecule has 28 heavy (non-hydrogen) atoms. The van der Waals surface area contributed by atoms with Crippen LogP contribution in [0.4, 0.5) is 4.39 Å². The molecule has 7 nitrogen and oxygen atoms in total. The second-order valence-corrected chi connectivity index (χ2v) is 9.18. The Kier molecular flexibility index (Phi) is 7.11. The normalized spacial score (nSPS) is 12.7. The minimum Gasteiger partial charge on any atom is -0.477 e. The van der Waals surface area contributed by atoms with Crippen molar-refractivity contribution in [1.82, 2.24) is 9.78 Å². The number of benzene rings is 1. The van der Waals surface area contributed by atoms with Crippen LogP contribution in [0.5, 0.6) is 5.75 Å². The van der Waals surface area contributed by atoms with Crippen LogP contribution < -0.4 is 4.74 Å². The van der Waals surface area contributed by atoms with E-state index in [1.807, 2.05) is 6.92 Å². The third-order valence-electron chi connectivity index (χ3n) is 3.65. The predicted octanol–water partition coefficient (Wildman–Crippen LogP) is 3.77. The lowest BCUT2D eigenvalue weighted by Gasteiger charge is -2.16. The van der Waals surface area contributed by atoms with E-state index in [4.69, 9.17) is 21.1 Å². The van der Waals surface area contributed by atoms with Gasteiger partial charge in [0.25, 0.3) is 0 Å². The lowest BCUT2D eigenvalue weighted by molar-refractivity contribution is -0.151. The Morgan fingerprint density at radius 1 is 1.43 bits per heavy atom. The van der Waals surface area contributed by atoms with Crippen LogP contribution in [0.2, 0.25) is 5.02 Å². The van der Waals surface area contributed by atoms with Crippen molar-refractivity contribution in [3.63, 3.8) is 0 Å². The molecule has 1 unspecified atom stereocenters. The number of sulfone groups is 1. The highest BCUT2D eigenvalue weighted by atomic mass is 79.9. The fourth-order valence-electron chi connectivity index (χ4n) is 2.42. The zero-order chi connectivity index (χ0) is 21.2. The van der Waals surface area contributed by atoms with Gasteiger partial charge in [-0.2, -0.15) is 5.10 Å². The molecule has 0 fully saturated rings. The molecule has 0 aliphatic carbocycles. The maximum Gasteiger partial charge on any atom is 0.347 e. The highest BCUT2D eigenvalue weighted by molar-refractivity contribution is 9.10. The van der Waals surface area contributed by atoms with Gasteiger partial charge in [0, 0.05) is 18.9 Å². The first-order valence-corrected chi connectivity index (χ1v) is 11.3. The summed E-state index contributed by atoms with van der Waals surface area (Å²) in [5, 5.41) is 3.94. The molecule has 2 rings (SSSR count). The highest BCUT2D eigenvalue weighted by Crippen LogP contribution is 2.38. The molecule has 1 atom stereocenters. The smallest absolute Gasteiger partial charge is 0.347 e. The van der Waals surface area contributed by atoms with E-state index in [9.17, 15) is 17.6 Å². The van der Waals surface area contributed by atoms with Crippen molar-refractivity contribution in [3.8, 4) is 17.0 Å². The zero-order valence-electron chi connectivity index (χ0n) is 15.6. The molecule has 1 aromatic carbocycles. The molecule has 0 saturated carbocycles. The van der Waals surface area contributed by atoms with Crippen LogP contribution in [0, 0.1) is 5.82 Å². The molecule has 0 amide bonds. The van der Waals surface area contributed by atoms with Gasteiger partial charge in [-0.1, -0.05) is 18.5 Å². The van der Waals surface area contributed by atoms with Gasteiger partial charge in [-0.25, -0.2) is 17.6 Å². The SMILES string of the molecule is CCCOC(=O)C(C)Oc1cc(-c2nn(C)c(S(C)(=O)=O)c2Br)c(F)cc1Cl. The topological polar surface area (TPSA) is 87.5 Å². The Morgan fingerprint density at radius 2 is 2.07 bits per heavy atom. The van der Waals surface area contributed by atoms with Crippen molar-refractivity contribution in [2.24, 2.45) is 7.05 Å². The van der Waals surface area contributed by atoms with Crippen LogP contribution in [0.15, 0.2) is 21.6 Å². The predicted molar refractivity (Wildman–Crippen MR) is 106 cm³/mol. The zero-order valence-corrected chi connectivity index (χ0v) is 18.8. The average Bonchev–Trinajstić information content (AvgIpc) is 2.89. The van der Waals surface area contributed by atoms with E-state index in [1.54, 1.807) is 0 Å². The Morgan fingerprint density at radius 3 is 2.61 bits per heavy atom. The third-order valence-corrected chi connectivity index (χ3v) is 6.13. The molecule has 154 valence electrons. The number of esters is 1. The largest absolute Gasteiger partial charge is 0.477 e. The van der Waals surface area contributed by atoms with Crippen molar-refractivity contribution >= 4 is 43.3 Å².